The molecule has 0 aromatic heterocycles. The molecule has 0 aliphatic carbocycles. The number of hydrogen-bond donors (Lipinski definition) is 1. The van der Waals surface area contributed by atoms with Crippen LogP contribution < -0.4 is 10.5 Å². The van der Waals surface area contributed by atoms with Crippen molar-refractivity contribution >= 4 is 11.7 Å². The van der Waals surface area contributed by atoms with E-state index in [1.165, 1.54) is 6.92 Å². The van der Waals surface area contributed by atoms with Gasteiger partial charge in [0.05, 0.1) is 12.1 Å². The molecular weight excluding hydrogens is 256 g/mol. The van der Waals surface area contributed by atoms with Crippen molar-refractivity contribution in [3.05, 3.63) is 29.8 Å². The van der Waals surface area contributed by atoms with Gasteiger partial charge in [-0.3, -0.25) is 14.5 Å². The van der Waals surface area contributed by atoms with Crippen LogP contribution in [0.1, 0.15) is 31.1 Å². The van der Waals surface area contributed by atoms with E-state index in [-0.39, 0.29) is 24.3 Å². The number of ketones is 1. The Labute approximate surface area is 119 Å². The third-order valence-electron chi connectivity index (χ3n) is 2.99. The number of nitrogens with two attached hydrogens (primary N) is 1. The molecule has 0 aliphatic rings. The van der Waals surface area contributed by atoms with Crippen LogP contribution in [0.2, 0.25) is 0 Å². The molecule has 1 amide bonds. The number of para-hydroxylation sites is 1. The van der Waals surface area contributed by atoms with E-state index in [9.17, 15) is 9.59 Å². The van der Waals surface area contributed by atoms with E-state index < -0.39 is 0 Å². The SMILES string of the molecule is CC(=O)c1ccccc1OCCN(CC(N)=O)C(C)C. The van der Waals surface area contributed by atoms with Gasteiger partial charge in [-0.05, 0) is 32.9 Å². The normalized spacial score (nSPS) is 10.8. The summed E-state index contributed by atoms with van der Waals surface area (Å²) < 4.78 is 5.65. The van der Waals surface area contributed by atoms with Gasteiger partial charge in [0.25, 0.3) is 0 Å². The molecule has 0 radical (unpaired) electrons. The van der Waals surface area contributed by atoms with Crippen molar-refractivity contribution in [2.24, 2.45) is 5.73 Å². The van der Waals surface area contributed by atoms with Gasteiger partial charge in [0, 0.05) is 12.6 Å². The molecule has 0 saturated carbocycles. The first-order valence-corrected chi connectivity index (χ1v) is 6.67. The lowest BCUT2D eigenvalue weighted by Crippen LogP contribution is -2.40. The number of hydrogen-bond acceptors (Lipinski definition) is 4. The van der Waals surface area contributed by atoms with E-state index in [1.807, 2.05) is 24.8 Å². The summed E-state index contributed by atoms with van der Waals surface area (Å²) in [6.07, 6.45) is 0. The predicted octanol–water partition coefficient (Wildman–Crippen LogP) is 1.46. The lowest BCUT2D eigenvalue weighted by Gasteiger charge is -2.24. The lowest BCUT2D eigenvalue weighted by atomic mass is 10.1. The number of nitrogens with zero attached hydrogens (tertiary/aromatic N) is 1. The number of ether oxygens (including phenoxy) is 1. The van der Waals surface area contributed by atoms with Crippen LogP contribution in [0, 0.1) is 0 Å². The molecule has 1 aromatic rings. The number of carbonyl (C=O) groups excluding carboxylic acids is 2. The second-order valence-electron chi connectivity index (χ2n) is 4.93. The zero-order valence-electron chi connectivity index (χ0n) is 12.3. The Kier molecular flexibility index (Phi) is 6.18. The topological polar surface area (TPSA) is 72.6 Å². The highest BCUT2D eigenvalue weighted by molar-refractivity contribution is 5.96. The average molecular weight is 278 g/mol. The molecule has 0 fully saturated rings. The molecule has 0 heterocycles. The number of rotatable bonds is 8. The summed E-state index contributed by atoms with van der Waals surface area (Å²) in [6, 6.07) is 7.34. The van der Waals surface area contributed by atoms with Gasteiger partial charge in [0.1, 0.15) is 12.4 Å². The number of amides is 1. The van der Waals surface area contributed by atoms with Crippen LogP contribution >= 0.6 is 0 Å². The van der Waals surface area contributed by atoms with Crippen molar-refractivity contribution in [1.29, 1.82) is 0 Å². The van der Waals surface area contributed by atoms with Gasteiger partial charge in [-0.2, -0.15) is 0 Å². The van der Waals surface area contributed by atoms with Crippen molar-refractivity contribution < 1.29 is 14.3 Å². The number of Topliss-reactive ketones (excluding diaryl/α,β-unsaturated/α-hetero) is 1. The molecule has 1 aromatic carbocycles. The van der Waals surface area contributed by atoms with Crippen LogP contribution in [0.3, 0.4) is 0 Å². The Morgan fingerprint density at radius 3 is 2.50 bits per heavy atom. The minimum absolute atomic E-state index is 0.0292. The third kappa shape index (κ3) is 5.01. The van der Waals surface area contributed by atoms with Crippen molar-refractivity contribution in [3.63, 3.8) is 0 Å². The molecule has 20 heavy (non-hydrogen) atoms. The largest absolute Gasteiger partial charge is 0.491 e. The van der Waals surface area contributed by atoms with E-state index in [0.29, 0.717) is 24.5 Å². The lowest BCUT2D eigenvalue weighted by molar-refractivity contribution is -0.119. The minimum atomic E-state index is -0.358. The first-order chi connectivity index (χ1) is 9.41. The van der Waals surface area contributed by atoms with Crippen LogP contribution in [0.15, 0.2) is 24.3 Å². The maximum atomic E-state index is 11.5. The van der Waals surface area contributed by atoms with Crippen molar-refractivity contribution in [1.82, 2.24) is 4.90 Å². The van der Waals surface area contributed by atoms with Crippen LogP contribution in [0.5, 0.6) is 5.75 Å². The van der Waals surface area contributed by atoms with Crippen LogP contribution in [-0.4, -0.2) is 42.3 Å². The van der Waals surface area contributed by atoms with Crippen molar-refractivity contribution in [3.8, 4) is 5.75 Å². The van der Waals surface area contributed by atoms with Gasteiger partial charge in [-0.25, -0.2) is 0 Å². The number of primary amides is 1. The fraction of sp³-hybridized carbons (Fsp3) is 0.467. The Balaban J connectivity index is 2.59. The first-order valence-electron chi connectivity index (χ1n) is 6.67. The van der Waals surface area contributed by atoms with Crippen molar-refractivity contribution in [2.75, 3.05) is 19.7 Å². The fourth-order valence-electron chi connectivity index (χ4n) is 1.88. The first kappa shape index (κ1) is 16.2. The van der Waals surface area contributed by atoms with Gasteiger partial charge in [-0.15, -0.1) is 0 Å². The highest BCUT2D eigenvalue weighted by Crippen LogP contribution is 2.18. The van der Waals surface area contributed by atoms with Crippen molar-refractivity contribution in [2.45, 2.75) is 26.8 Å². The van der Waals surface area contributed by atoms with Gasteiger partial charge in [-0.1, -0.05) is 12.1 Å². The molecule has 0 aliphatic heterocycles. The highest BCUT2D eigenvalue weighted by Gasteiger charge is 2.13. The maximum absolute atomic E-state index is 11.5. The second kappa shape index (κ2) is 7.65. The summed E-state index contributed by atoms with van der Waals surface area (Å²) in [5, 5.41) is 0. The molecule has 5 heteroatoms. The third-order valence-corrected chi connectivity index (χ3v) is 2.99. The smallest absolute Gasteiger partial charge is 0.231 e. The Morgan fingerprint density at radius 2 is 1.95 bits per heavy atom. The van der Waals surface area contributed by atoms with Crippen LogP contribution in [0.4, 0.5) is 0 Å². The molecule has 1 rings (SSSR count). The summed E-state index contributed by atoms with van der Waals surface area (Å²) in [4.78, 5) is 24.4. The molecule has 0 unspecified atom stereocenters. The molecule has 0 bridgehead atoms. The zero-order valence-corrected chi connectivity index (χ0v) is 12.3. The monoisotopic (exact) mass is 278 g/mol. The van der Waals surface area contributed by atoms with E-state index >= 15 is 0 Å². The standard InChI is InChI=1S/C15H22N2O3/c1-11(2)17(10-15(16)19)8-9-20-14-7-5-4-6-13(14)12(3)18/h4-7,11H,8-10H2,1-3H3,(H2,16,19). The van der Waals surface area contributed by atoms with E-state index in [2.05, 4.69) is 0 Å². The maximum Gasteiger partial charge on any atom is 0.231 e. The van der Waals surface area contributed by atoms with Gasteiger partial charge >= 0.3 is 0 Å². The molecule has 2 N–H and O–H groups in total. The summed E-state index contributed by atoms with van der Waals surface area (Å²) in [6.45, 7) is 6.67. The zero-order chi connectivity index (χ0) is 15.1. The molecule has 0 saturated heterocycles. The minimum Gasteiger partial charge on any atom is -0.491 e. The fourth-order valence-corrected chi connectivity index (χ4v) is 1.88. The molecule has 5 nitrogen and oxygen atoms in total. The Hall–Kier alpha value is -1.88. The van der Waals surface area contributed by atoms with E-state index in [1.54, 1.807) is 18.2 Å². The summed E-state index contributed by atoms with van der Waals surface area (Å²) in [5.41, 5.74) is 5.78. The quantitative estimate of drug-likeness (QED) is 0.731. The summed E-state index contributed by atoms with van der Waals surface area (Å²) >= 11 is 0. The number of carbonyl (C=O) groups is 2. The highest BCUT2D eigenvalue weighted by atomic mass is 16.5. The molecule has 0 spiro atoms. The summed E-state index contributed by atoms with van der Waals surface area (Å²) in [7, 11) is 0. The van der Waals surface area contributed by atoms with Gasteiger partial charge < -0.3 is 10.5 Å². The van der Waals surface area contributed by atoms with Crippen LogP contribution in [0.25, 0.3) is 0 Å². The van der Waals surface area contributed by atoms with Gasteiger partial charge in [0.15, 0.2) is 5.78 Å². The molecule has 0 atom stereocenters. The number of benzene rings is 1. The predicted molar refractivity (Wildman–Crippen MR) is 77.8 cm³/mol. The van der Waals surface area contributed by atoms with Gasteiger partial charge in [0.2, 0.25) is 5.91 Å². The van der Waals surface area contributed by atoms with E-state index in [0.717, 1.165) is 0 Å². The van der Waals surface area contributed by atoms with Crippen LogP contribution in [-0.2, 0) is 4.79 Å². The summed E-state index contributed by atoms with van der Waals surface area (Å²) in [5.74, 6) is 0.184. The molecular formula is C15H22N2O3. The second-order valence-corrected chi connectivity index (χ2v) is 4.93. The average Bonchev–Trinajstić information content (AvgIpc) is 2.37. The Bertz CT molecular complexity index is 472. The molecule has 110 valence electrons. The Morgan fingerprint density at radius 1 is 1.30 bits per heavy atom. The van der Waals surface area contributed by atoms with E-state index in [4.69, 9.17) is 10.5 Å².